The van der Waals surface area contributed by atoms with Crippen LogP contribution in [0.1, 0.15) is 66.5 Å². The van der Waals surface area contributed by atoms with Crippen molar-refractivity contribution in [3.05, 3.63) is 59.7 Å². The summed E-state index contributed by atoms with van der Waals surface area (Å²) >= 11 is 0. The second-order valence-corrected chi connectivity index (χ2v) is 9.41. The SMILES string of the molecule is C=C(C)C(=O)OC(C)Oc1c(Cc2ccc(OCC)c(OCC)c2OC(C)OC(=O)C(=C)C)ccc(OCC)c1OCC. The first-order chi connectivity index (χ1) is 20.5. The topological polar surface area (TPSA) is 108 Å². The highest BCUT2D eigenvalue weighted by molar-refractivity contribution is 5.87. The molecule has 10 nitrogen and oxygen atoms in total. The average Bonchev–Trinajstić information content (AvgIpc) is 2.94. The molecule has 0 N–H and O–H groups in total. The zero-order valence-corrected chi connectivity index (χ0v) is 26.5. The zero-order chi connectivity index (χ0) is 32.1. The molecule has 236 valence electrons. The Hall–Kier alpha value is -4.34. The molecule has 0 saturated heterocycles. The Labute approximate surface area is 254 Å². The Balaban J connectivity index is 2.69. The van der Waals surface area contributed by atoms with Gasteiger partial charge in [0.05, 0.1) is 26.4 Å². The molecule has 0 bridgehead atoms. The zero-order valence-electron chi connectivity index (χ0n) is 26.5. The second-order valence-electron chi connectivity index (χ2n) is 9.41. The largest absolute Gasteiger partial charge is 0.490 e. The molecule has 0 aliphatic heterocycles. The highest BCUT2D eigenvalue weighted by atomic mass is 16.7. The molecule has 43 heavy (non-hydrogen) atoms. The molecular weight excluding hydrogens is 556 g/mol. The van der Waals surface area contributed by atoms with E-state index in [-0.39, 0.29) is 17.6 Å². The molecular formula is C33H44O10. The number of rotatable bonds is 18. The number of hydrogen-bond donors (Lipinski definition) is 0. The molecule has 2 rings (SSSR count). The molecule has 0 radical (unpaired) electrons. The Morgan fingerprint density at radius 3 is 1.26 bits per heavy atom. The van der Waals surface area contributed by atoms with Crippen molar-refractivity contribution in [2.24, 2.45) is 0 Å². The highest BCUT2D eigenvalue weighted by Gasteiger charge is 2.26. The van der Waals surface area contributed by atoms with Crippen molar-refractivity contribution in [1.82, 2.24) is 0 Å². The third kappa shape index (κ3) is 9.87. The quantitative estimate of drug-likeness (QED) is 0.106. The van der Waals surface area contributed by atoms with Crippen LogP contribution >= 0.6 is 0 Å². The first kappa shape index (κ1) is 34.9. The van der Waals surface area contributed by atoms with Crippen LogP contribution in [-0.4, -0.2) is 50.9 Å². The van der Waals surface area contributed by atoms with Gasteiger partial charge in [-0.05, 0) is 53.7 Å². The molecule has 0 heterocycles. The number of benzene rings is 2. The maximum Gasteiger partial charge on any atom is 0.336 e. The molecule has 2 unspecified atom stereocenters. The monoisotopic (exact) mass is 600 g/mol. The van der Waals surface area contributed by atoms with E-state index in [1.54, 1.807) is 39.8 Å². The normalized spacial score (nSPS) is 11.9. The second kappa shape index (κ2) is 16.9. The van der Waals surface area contributed by atoms with Gasteiger partial charge in [-0.1, -0.05) is 25.3 Å². The fraction of sp³-hybridized carbons (Fsp3) is 0.455. The molecule has 0 aliphatic carbocycles. The molecule has 2 aromatic carbocycles. The van der Waals surface area contributed by atoms with Gasteiger partial charge >= 0.3 is 11.9 Å². The van der Waals surface area contributed by atoms with Gasteiger partial charge in [-0.15, -0.1) is 0 Å². The van der Waals surface area contributed by atoms with Crippen molar-refractivity contribution in [3.8, 4) is 34.5 Å². The van der Waals surface area contributed by atoms with E-state index in [1.807, 2.05) is 39.8 Å². The van der Waals surface area contributed by atoms with Crippen molar-refractivity contribution in [1.29, 1.82) is 0 Å². The van der Waals surface area contributed by atoms with Crippen LogP contribution in [0.4, 0.5) is 0 Å². The lowest BCUT2D eigenvalue weighted by molar-refractivity contribution is -0.157. The summed E-state index contributed by atoms with van der Waals surface area (Å²) in [5.41, 5.74) is 1.83. The van der Waals surface area contributed by atoms with Crippen LogP contribution in [0.2, 0.25) is 0 Å². The Morgan fingerprint density at radius 2 is 0.953 bits per heavy atom. The number of ether oxygens (including phenoxy) is 8. The first-order valence-electron chi connectivity index (χ1n) is 14.4. The third-order valence-electron chi connectivity index (χ3n) is 5.68. The van der Waals surface area contributed by atoms with Crippen LogP contribution in [0.15, 0.2) is 48.6 Å². The Kier molecular flexibility index (Phi) is 13.7. The standard InChI is InChI=1S/C33H44O10/c1-11-36-26-17-15-24(28(30(26)38-13-3)40-22(9)42-32(34)20(5)6)19-25-16-18-27(37-12-2)31(39-14-4)29(25)41-23(10)43-33(35)21(7)8/h15-18,22-23H,5,7,11-14,19H2,1-4,6,8-10H3. The van der Waals surface area contributed by atoms with Gasteiger partial charge < -0.3 is 37.9 Å². The minimum Gasteiger partial charge on any atom is -0.490 e. The lowest BCUT2D eigenvalue weighted by Gasteiger charge is -2.24. The number of hydrogen-bond acceptors (Lipinski definition) is 10. The minimum absolute atomic E-state index is 0.241. The first-order valence-corrected chi connectivity index (χ1v) is 14.4. The smallest absolute Gasteiger partial charge is 0.336 e. The molecule has 0 spiro atoms. The van der Waals surface area contributed by atoms with Gasteiger partial charge in [-0.3, -0.25) is 0 Å². The van der Waals surface area contributed by atoms with E-state index in [2.05, 4.69) is 13.2 Å². The van der Waals surface area contributed by atoms with Crippen LogP contribution in [0, 0.1) is 0 Å². The Morgan fingerprint density at radius 1 is 0.605 bits per heavy atom. The number of esters is 2. The summed E-state index contributed by atoms with van der Waals surface area (Å²) in [6, 6.07) is 7.25. The van der Waals surface area contributed by atoms with Gasteiger partial charge in [-0.25, -0.2) is 9.59 Å². The van der Waals surface area contributed by atoms with Gasteiger partial charge in [0.1, 0.15) is 0 Å². The molecule has 2 atom stereocenters. The molecule has 0 aliphatic rings. The van der Waals surface area contributed by atoms with Crippen LogP contribution in [0.25, 0.3) is 0 Å². The summed E-state index contributed by atoms with van der Waals surface area (Å²) in [7, 11) is 0. The molecule has 0 aromatic heterocycles. The van der Waals surface area contributed by atoms with Crippen LogP contribution in [-0.2, 0) is 25.5 Å². The van der Waals surface area contributed by atoms with E-state index in [0.29, 0.717) is 72.1 Å². The van der Waals surface area contributed by atoms with Gasteiger partial charge in [0.2, 0.25) is 24.1 Å². The number of carbonyl (C=O) groups is 2. The van der Waals surface area contributed by atoms with Crippen molar-refractivity contribution in [2.75, 3.05) is 26.4 Å². The molecule has 2 aromatic rings. The fourth-order valence-corrected chi connectivity index (χ4v) is 3.90. The van der Waals surface area contributed by atoms with Gasteiger partial charge in [0.25, 0.3) is 0 Å². The van der Waals surface area contributed by atoms with Crippen molar-refractivity contribution >= 4 is 11.9 Å². The highest BCUT2D eigenvalue weighted by Crippen LogP contribution is 2.46. The predicted molar refractivity (Wildman–Crippen MR) is 162 cm³/mol. The maximum absolute atomic E-state index is 12.2. The lowest BCUT2D eigenvalue weighted by atomic mass is 10.0. The minimum atomic E-state index is -0.976. The van der Waals surface area contributed by atoms with Gasteiger partial charge in [0, 0.05) is 42.5 Å². The molecule has 0 saturated carbocycles. The summed E-state index contributed by atoms with van der Waals surface area (Å²) in [5.74, 6) is 1.15. The van der Waals surface area contributed by atoms with Gasteiger partial charge in [0.15, 0.2) is 23.0 Å². The van der Waals surface area contributed by atoms with Crippen LogP contribution in [0.5, 0.6) is 34.5 Å². The van der Waals surface area contributed by atoms with Gasteiger partial charge in [-0.2, -0.15) is 0 Å². The summed E-state index contributed by atoms with van der Waals surface area (Å²) in [5, 5.41) is 0. The van der Waals surface area contributed by atoms with E-state index < -0.39 is 24.5 Å². The average molecular weight is 601 g/mol. The summed E-state index contributed by atoms with van der Waals surface area (Å²) in [6.45, 7) is 22.4. The fourth-order valence-electron chi connectivity index (χ4n) is 3.90. The lowest BCUT2D eigenvalue weighted by Crippen LogP contribution is -2.23. The Bertz CT molecular complexity index is 1190. The third-order valence-corrected chi connectivity index (χ3v) is 5.68. The molecule has 10 heteroatoms. The van der Waals surface area contributed by atoms with Crippen LogP contribution in [0.3, 0.4) is 0 Å². The van der Waals surface area contributed by atoms with Crippen molar-refractivity contribution < 1.29 is 47.5 Å². The summed E-state index contributed by atoms with van der Waals surface area (Å²) in [6.07, 6.45) is -1.70. The van der Waals surface area contributed by atoms with Crippen LogP contribution < -0.4 is 28.4 Å². The van der Waals surface area contributed by atoms with E-state index >= 15 is 0 Å². The van der Waals surface area contributed by atoms with E-state index in [4.69, 9.17) is 37.9 Å². The van der Waals surface area contributed by atoms with Crippen molar-refractivity contribution in [2.45, 2.75) is 74.4 Å². The maximum atomic E-state index is 12.2. The summed E-state index contributed by atoms with van der Waals surface area (Å²) in [4.78, 5) is 24.4. The summed E-state index contributed by atoms with van der Waals surface area (Å²) < 4.78 is 46.8. The van der Waals surface area contributed by atoms with E-state index in [1.165, 1.54) is 0 Å². The van der Waals surface area contributed by atoms with E-state index in [9.17, 15) is 9.59 Å². The van der Waals surface area contributed by atoms with E-state index in [0.717, 1.165) is 0 Å². The van der Waals surface area contributed by atoms with Crippen molar-refractivity contribution in [3.63, 3.8) is 0 Å². The molecule has 0 amide bonds. The molecule has 0 fully saturated rings. The number of carbonyl (C=O) groups excluding carboxylic acids is 2. The predicted octanol–water partition coefficient (Wildman–Crippen LogP) is 6.56.